The topological polar surface area (TPSA) is 58.3 Å². The van der Waals surface area contributed by atoms with Crippen LogP contribution in [0.2, 0.25) is 15.1 Å². The standard InChI is InChI=1S/C21H20Cl3N5/c22-15-10-16(19(24)18(23)11-15)17-12-26-21(27-20(17)25)29-8-6-28(7-9-29)13-14-4-2-1-3-5-14/h1-5,10-12H,6-9,13H2,(H2,25,26,27). The smallest absolute Gasteiger partial charge is 0.227 e. The molecule has 0 amide bonds. The number of anilines is 2. The van der Waals surface area contributed by atoms with E-state index in [0.717, 1.165) is 32.7 Å². The van der Waals surface area contributed by atoms with Crippen molar-refractivity contribution in [2.24, 2.45) is 0 Å². The highest BCUT2D eigenvalue weighted by Crippen LogP contribution is 2.38. The molecule has 1 aliphatic rings. The summed E-state index contributed by atoms with van der Waals surface area (Å²) in [6.45, 7) is 4.51. The molecule has 2 heterocycles. The summed E-state index contributed by atoms with van der Waals surface area (Å²) in [5.74, 6) is 0.969. The molecule has 0 atom stereocenters. The van der Waals surface area contributed by atoms with Crippen LogP contribution in [0, 0.1) is 0 Å². The number of aromatic nitrogens is 2. The minimum atomic E-state index is 0.349. The van der Waals surface area contributed by atoms with E-state index in [4.69, 9.17) is 40.5 Å². The molecule has 2 N–H and O–H groups in total. The summed E-state index contributed by atoms with van der Waals surface area (Å²) in [7, 11) is 0. The van der Waals surface area contributed by atoms with Gasteiger partial charge in [-0.2, -0.15) is 4.98 Å². The van der Waals surface area contributed by atoms with Crippen molar-refractivity contribution in [1.29, 1.82) is 0 Å². The summed E-state index contributed by atoms with van der Waals surface area (Å²) in [5, 5.41) is 1.23. The van der Waals surface area contributed by atoms with Crippen LogP contribution in [0.15, 0.2) is 48.7 Å². The maximum absolute atomic E-state index is 6.33. The van der Waals surface area contributed by atoms with E-state index in [1.165, 1.54) is 5.56 Å². The van der Waals surface area contributed by atoms with Crippen LogP contribution in [-0.4, -0.2) is 41.0 Å². The van der Waals surface area contributed by atoms with Gasteiger partial charge in [-0.25, -0.2) is 4.98 Å². The highest BCUT2D eigenvalue weighted by Gasteiger charge is 2.21. The molecule has 3 aromatic rings. The van der Waals surface area contributed by atoms with Crippen molar-refractivity contribution in [2.75, 3.05) is 36.8 Å². The van der Waals surface area contributed by atoms with Crippen LogP contribution in [0.5, 0.6) is 0 Å². The minimum Gasteiger partial charge on any atom is -0.383 e. The van der Waals surface area contributed by atoms with Crippen molar-refractivity contribution in [2.45, 2.75) is 6.54 Å². The van der Waals surface area contributed by atoms with Crippen molar-refractivity contribution in [3.05, 3.63) is 69.3 Å². The van der Waals surface area contributed by atoms with Gasteiger partial charge in [-0.05, 0) is 17.7 Å². The van der Waals surface area contributed by atoms with Gasteiger partial charge >= 0.3 is 0 Å². The molecule has 1 aliphatic heterocycles. The van der Waals surface area contributed by atoms with Crippen molar-refractivity contribution >= 4 is 46.6 Å². The summed E-state index contributed by atoms with van der Waals surface area (Å²) in [6, 6.07) is 13.8. The molecule has 1 aromatic heterocycles. The Bertz CT molecular complexity index is 1000. The molecular weight excluding hydrogens is 429 g/mol. The number of hydrogen-bond acceptors (Lipinski definition) is 5. The van der Waals surface area contributed by atoms with Gasteiger partial charge in [0.15, 0.2) is 0 Å². The van der Waals surface area contributed by atoms with E-state index in [2.05, 4.69) is 44.0 Å². The Kier molecular flexibility index (Phi) is 6.11. The molecule has 4 rings (SSSR count). The number of hydrogen-bond donors (Lipinski definition) is 1. The van der Waals surface area contributed by atoms with Gasteiger partial charge in [0.05, 0.1) is 10.0 Å². The van der Waals surface area contributed by atoms with E-state index in [0.29, 0.717) is 38.0 Å². The first-order valence-electron chi connectivity index (χ1n) is 9.30. The second-order valence-electron chi connectivity index (χ2n) is 6.97. The van der Waals surface area contributed by atoms with Crippen molar-refractivity contribution in [3.8, 4) is 11.1 Å². The SMILES string of the molecule is Nc1nc(N2CCN(Cc3ccccc3)CC2)ncc1-c1cc(Cl)cc(Cl)c1Cl. The van der Waals surface area contributed by atoms with Crippen LogP contribution >= 0.6 is 34.8 Å². The molecule has 2 aromatic carbocycles. The minimum absolute atomic E-state index is 0.349. The van der Waals surface area contributed by atoms with E-state index in [9.17, 15) is 0 Å². The molecule has 5 nitrogen and oxygen atoms in total. The molecule has 0 unspecified atom stereocenters. The second-order valence-corrected chi connectivity index (χ2v) is 8.19. The lowest BCUT2D eigenvalue weighted by molar-refractivity contribution is 0.248. The molecule has 1 saturated heterocycles. The fourth-order valence-electron chi connectivity index (χ4n) is 3.44. The van der Waals surface area contributed by atoms with Gasteiger partial charge in [-0.1, -0.05) is 65.1 Å². The summed E-state index contributed by atoms with van der Waals surface area (Å²) >= 11 is 18.6. The Labute approximate surface area is 185 Å². The van der Waals surface area contributed by atoms with E-state index >= 15 is 0 Å². The Hall–Kier alpha value is -2.05. The molecule has 29 heavy (non-hydrogen) atoms. The van der Waals surface area contributed by atoms with Gasteiger partial charge in [-0.15, -0.1) is 0 Å². The van der Waals surface area contributed by atoms with E-state index < -0.39 is 0 Å². The highest BCUT2D eigenvalue weighted by molar-refractivity contribution is 6.45. The zero-order chi connectivity index (χ0) is 20.4. The first-order chi connectivity index (χ1) is 14.0. The second kappa shape index (κ2) is 8.76. The Morgan fingerprint density at radius 1 is 0.931 bits per heavy atom. The van der Waals surface area contributed by atoms with Gasteiger partial charge in [-0.3, -0.25) is 4.90 Å². The monoisotopic (exact) mass is 447 g/mol. The van der Waals surface area contributed by atoms with Crippen molar-refractivity contribution in [3.63, 3.8) is 0 Å². The summed E-state index contributed by atoms with van der Waals surface area (Å²) < 4.78 is 0. The summed E-state index contributed by atoms with van der Waals surface area (Å²) in [4.78, 5) is 13.6. The van der Waals surface area contributed by atoms with Crippen LogP contribution in [-0.2, 0) is 6.54 Å². The number of halogens is 3. The Balaban J connectivity index is 1.47. The average molecular weight is 449 g/mol. The largest absolute Gasteiger partial charge is 0.383 e. The van der Waals surface area contributed by atoms with Crippen LogP contribution in [0.1, 0.15) is 5.56 Å². The number of benzene rings is 2. The zero-order valence-electron chi connectivity index (χ0n) is 15.7. The number of rotatable bonds is 4. The predicted octanol–water partition coefficient (Wildman–Crippen LogP) is 5.01. The maximum Gasteiger partial charge on any atom is 0.227 e. The third-order valence-electron chi connectivity index (χ3n) is 4.99. The fourth-order valence-corrected chi connectivity index (χ4v) is 4.15. The van der Waals surface area contributed by atoms with Gasteiger partial charge in [0.2, 0.25) is 5.95 Å². The molecular formula is C21H20Cl3N5. The summed E-state index contributed by atoms with van der Waals surface area (Å²) in [6.07, 6.45) is 1.68. The summed E-state index contributed by atoms with van der Waals surface area (Å²) in [5.41, 5.74) is 8.79. The lowest BCUT2D eigenvalue weighted by Gasteiger charge is -2.34. The normalized spacial score (nSPS) is 14.9. The quantitative estimate of drug-likeness (QED) is 0.569. The molecule has 0 aliphatic carbocycles. The van der Waals surface area contributed by atoms with E-state index in [-0.39, 0.29) is 0 Å². The lowest BCUT2D eigenvalue weighted by atomic mass is 10.1. The van der Waals surface area contributed by atoms with Gasteiger partial charge in [0, 0.05) is 55.1 Å². The maximum atomic E-state index is 6.33. The van der Waals surface area contributed by atoms with Gasteiger partial charge in [0.1, 0.15) is 5.82 Å². The highest BCUT2D eigenvalue weighted by atomic mass is 35.5. The zero-order valence-corrected chi connectivity index (χ0v) is 17.9. The van der Waals surface area contributed by atoms with Gasteiger partial charge < -0.3 is 10.6 Å². The number of nitrogens with zero attached hydrogens (tertiary/aromatic N) is 4. The Morgan fingerprint density at radius 2 is 1.66 bits per heavy atom. The molecule has 0 bridgehead atoms. The number of piperazine rings is 1. The predicted molar refractivity (Wildman–Crippen MR) is 121 cm³/mol. The average Bonchev–Trinajstić information content (AvgIpc) is 2.72. The number of nitrogen functional groups attached to an aromatic ring is 1. The van der Waals surface area contributed by atoms with Crippen LogP contribution in [0.3, 0.4) is 0 Å². The van der Waals surface area contributed by atoms with Crippen LogP contribution < -0.4 is 10.6 Å². The van der Waals surface area contributed by atoms with Gasteiger partial charge in [0.25, 0.3) is 0 Å². The van der Waals surface area contributed by atoms with Crippen LogP contribution in [0.25, 0.3) is 11.1 Å². The fraction of sp³-hybridized carbons (Fsp3) is 0.238. The van der Waals surface area contributed by atoms with Crippen molar-refractivity contribution in [1.82, 2.24) is 14.9 Å². The first kappa shape index (κ1) is 20.2. The number of nitrogens with two attached hydrogens (primary N) is 1. The molecule has 0 spiro atoms. The van der Waals surface area contributed by atoms with Crippen LogP contribution in [0.4, 0.5) is 11.8 Å². The molecule has 1 fully saturated rings. The third kappa shape index (κ3) is 4.59. The van der Waals surface area contributed by atoms with E-state index in [1.54, 1.807) is 18.3 Å². The first-order valence-corrected chi connectivity index (χ1v) is 10.4. The molecule has 150 valence electrons. The third-order valence-corrected chi connectivity index (χ3v) is 6.01. The lowest BCUT2D eigenvalue weighted by Crippen LogP contribution is -2.46. The molecule has 0 radical (unpaired) electrons. The Morgan fingerprint density at radius 3 is 2.34 bits per heavy atom. The molecule has 0 saturated carbocycles. The molecule has 8 heteroatoms. The van der Waals surface area contributed by atoms with Crippen molar-refractivity contribution < 1.29 is 0 Å². The van der Waals surface area contributed by atoms with E-state index in [1.807, 2.05) is 6.07 Å².